The molecule has 0 aliphatic heterocycles. The van der Waals surface area contributed by atoms with Crippen LogP contribution in [0.4, 0.5) is 0 Å². The fourth-order valence-electron chi connectivity index (χ4n) is 7.04. The number of hydrogen-bond acceptors (Lipinski definition) is 15. The molecule has 0 unspecified atom stereocenters. The third-order valence-corrected chi connectivity index (χ3v) is 11.3. The third-order valence-electron chi connectivity index (χ3n) is 11.3. The molecule has 1 aromatic heterocycles. The van der Waals surface area contributed by atoms with E-state index in [0.717, 1.165) is 77.0 Å². The Morgan fingerprint density at radius 2 is 0.757 bits per heavy atom. The molecule has 0 aliphatic rings. The Balaban J connectivity index is 1.56. The summed E-state index contributed by atoms with van der Waals surface area (Å²) in [6.45, 7) is 23.1. The van der Waals surface area contributed by atoms with E-state index < -0.39 is 17.9 Å². The van der Waals surface area contributed by atoms with Crippen LogP contribution in [0, 0.1) is 32.1 Å². The van der Waals surface area contributed by atoms with E-state index in [4.69, 9.17) is 43.4 Å². The van der Waals surface area contributed by atoms with Crippen molar-refractivity contribution in [2.24, 2.45) is 0 Å². The number of nitrogens with zero attached hydrogens (tertiary/aromatic N) is 4. The molecule has 70 heavy (non-hydrogen) atoms. The molecule has 4 rings (SSSR count). The van der Waals surface area contributed by atoms with E-state index in [9.17, 15) is 29.9 Å². The number of phenolic OH excluding ortho intramolecular Hbond substituents is 2. The van der Waals surface area contributed by atoms with Gasteiger partial charge in [0.15, 0.2) is 17.5 Å². The first-order chi connectivity index (χ1) is 33.5. The summed E-state index contributed by atoms with van der Waals surface area (Å²) in [6, 6.07) is 12.6. The first kappa shape index (κ1) is 55.4. The second kappa shape index (κ2) is 28.3. The summed E-state index contributed by atoms with van der Waals surface area (Å²) in [6.07, 6.45) is 9.57. The Labute approximate surface area is 412 Å². The number of nitriles is 1. The van der Waals surface area contributed by atoms with Gasteiger partial charge in [-0.25, -0.2) is 29.3 Å². The summed E-state index contributed by atoms with van der Waals surface area (Å²) in [5.41, 5.74) is 3.91. The molecule has 374 valence electrons. The average Bonchev–Trinajstić information content (AvgIpc) is 3.33. The predicted molar refractivity (Wildman–Crippen MR) is 268 cm³/mol. The number of rotatable bonds is 30. The van der Waals surface area contributed by atoms with Crippen molar-refractivity contribution in [1.82, 2.24) is 15.0 Å². The quantitative estimate of drug-likeness (QED) is 0.0215. The molecule has 4 aromatic rings. The van der Waals surface area contributed by atoms with Crippen molar-refractivity contribution in [2.75, 3.05) is 39.6 Å². The van der Waals surface area contributed by atoms with Crippen LogP contribution in [0.15, 0.2) is 72.9 Å². The lowest BCUT2D eigenvalue weighted by molar-refractivity contribution is -0.139. The molecule has 0 bridgehead atoms. The van der Waals surface area contributed by atoms with Gasteiger partial charge in [-0.05, 0) is 155 Å². The van der Waals surface area contributed by atoms with Crippen LogP contribution in [-0.4, -0.2) is 82.7 Å². The highest BCUT2D eigenvalue weighted by Gasteiger charge is 2.23. The molecule has 3 aromatic carbocycles. The van der Waals surface area contributed by atoms with E-state index in [1.807, 2.05) is 0 Å². The van der Waals surface area contributed by atoms with Crippen LogP contribution in [0.1, 0.15) is 120 Å². The lowest BCUT2D eigenvalue weighted by Crippen LogP contribution is -2.06. The molecule has 0 fully saturated rings. The Bertz CT molecular complexity index is 2430. The van der Waals surface area contributed by atoms with Crippen LogP contribution < -0.4 is 14.2 Å². The van der Waals surface area contributed by atoms with E-state index in [1.54, 1.807) is 77.9 Å². The van der Waals surface area contributed by atoms with Crippen molar-refractivity contribution in [3.8, 4) is 69.0 Å². The van der Waals surface area contributed by atoms with Crippen molar-refractivity contribution >= 4 is 17.9 Å². The van der Waals surface area contributed by atoms with Crippen molar-refractivity contribution in [3.05, 3.63) is 95.1 Å². The molecule has 0 amide bonds. The summed E-state index contributed by atoms with van der Waals surface area (Å²) in [4.78, 5) is 49.2. The summed E-state index contributed by atoms with van der Waals surface area (Å²) in [7, 11) is 0. The van der Waals surface area contributed by atoms with Gasteiger partial charge < -0.3 is 38.6 Å². The number of carbonyl (C=O) groups is 3. The molecule has 0 atom stereocenters. The van der Waals surface area contributed by atoms with Gasteiger partial charge >= 0.3 is 17.9 Å². The number of ether oxygens (including phenoxy) is 6. The maximum Gasteiger partial charge on any atom is 0.333 e. The Morgan fingerprint density at radius 3 is 1.07 bits per heavy atom. The van der Waals surface area contributed by atoms with Gasteiger partial charge in [-0.3, -0.25) is 0 Å². The van der Waals surface area contributed by atoms with Crippen LogP contribution in [0.5, 0.6) is 28.7 Å². The van der Waals surface area contributed by atoms with Crippen molar-refractivity contribution in [2.45, 2.75) is 119 Å². The SMILES string of the molecule is C=C(C)C(=O)OCCCCCCOc1ccc(-c2nc(-c3ccc(OCCCCCCOC(=O)C(=C)C)c(C)c3O)nc(-c3ccc(OCCCCCCOC(=O)C(=C)C)c(C)c3C#N)n2)c(O)c1C. The standard InChI is InChI=1S/C55H68N4O11/c1-35(2)53(62)68-31-19-13-10-16-28-65-45-25-22-41(44(34-56)38(45)7)50-57-51(42-23-26-46(39(8)48(42)60)66-29-17-11-14-20-32-69-54(63)36(3)4)59-52(58-50)43-24-27-47(40(9)49(43)61)67-30-18-12-15-21-33-70-55(64)37(5)6/h22-27,60-61H,1,3,5,10-21,28-33H2,2,4,6-9H3. The molecule has 0 spiro atoms. The first-order valence-corrected chi connectivity index (χ1v) is 23.9. The molecular formula is C55H68N4O11. The van der Waals surface area contributed by atoms with Crippen molar-refractivity contribution < 1.29 is 53.0 Å². The Kier molecular flexibility index (Phi) is 22.4. The monoisotopic (exact) mass is 960 g/mol. The molecule has 2 N–H and O–H groups in total. The van der Waals surface area contributed by atoms with Crippen LogP contribution >= 0.6 is 0 Å². The van der Waals surface area contributed by atoms with Gasteiger partial charge in [-0.2, -0.15) is 5.26 Å². The minimum absolute atomic E-state index is 0.0996. The highest BCUT2D eigenvalue weighted by Crippen LogP contribution is 2.40. The predicted octanol–water partition coefficient (Wildman–Crippen LogP) is 11.3. The minimum Gasteiger partial charge on any atom is -0.507 e. The number of unbranched alkanes of at least 4 members (excludes halogenated alkanes) is 9. The van der Waals surface area contributed by atoms with E-state index in [-0.39, 0.29) is 45.7 Å². The second-order valence-electron chi connectivity index (χ2n) is 17.2. The molecule has 0 saturated heterocycles. The van der Waals surface area contributed by atoms with Gasteiger partial charge in [0.25, 0.3) is 0 Å². The highest BCUT2D eigenvalue weighted by molar-refractivity contribution is 5.87. The summed E-state index contributed by atoms with van der Waals surface area (Å²) < 4.78 is 33.8. The Morgan fingerprint density at radius 1 is 0.471 bits per heavy atom. The summed E-state index contributed by atoms with van der Waals surface area (Å²) >= 11 is 0. The largest absolute Gasteiger partial charge is 0.507 e. The van der Waals surface area contributed by atoms with Crippen LogP contribution in [0.2, 0.25) is 0 Å². The lowest BCUT2D eigenvalue weighted by atomic mass is 10.0. The lowest BCUT2D eigenvalue weighted by Gasteiger charge is -2.16. The van der Waals surface area contributed by atoms with E-state index in [2.05, 4.69) is 25.8 Å². The fourth-order valence-corrected chi connectivity index (χ4v) is 7.04. The van der Waals surface area contributed by atoms with Gasteiger partial charge in [0.05, 0.1) is 56.3 Å². The maximum atomic E-state index is 11.7. The summed E-state index contributed by atoms with van der Waals surface area (Å²) in [5, 5.41) is 33.9. The normalized spacial score (nSPS) is 10.8. The molecule has 0 saturated carbocycles. The van der Waals surface area contributed by atoms with Crippen LogP contribution in [0.25, 0.3) is 34.2 Å². The molecule has 1 heterocycles. The topological polar surface area (TPSA) is 210 Å². The number of benzene rings is 3. The van der Waals surface area contributed by atoms with Gasteiger partial charge in [0.1, 0.15) is 34.8 Å². The highest BCUT2D eigenvalue weighted by atomic mass is 16.5. The zero-order valence-electron chi connectivity index (χ0n) is 41.7. The Hall–Kier alpha value is -7.21. The second-order valence-corrected chi connectivity index (χ2v) is 17.2. The third kappa shape index (κ3) is 16.5. The van der Waals surface area contributed by atoms with E-state index in [1.165, 1.54) is 0 Å². The first-order valence-electron chi connectivity index (χ1n) is 23.9. The van der Waals surface area contributed by atoms with Gasteiger partial charge in [0, 0.05) is 39.0 Å². The number of aromatic nitrogens is 3. The minimum atomic E-state index is -0.392. The number of esters is 3. The van der Waals surface area contributed by atoms with E-state index >= 15 is 0 Å². The van der Waals surface area contributed by atoms with Crippen LogP contribution in [0.3, 0.4) is 0 Å². The molecular weight excluding hydrogens is 893 g/mol. The molecule has 0 radical (unpaired) electrons. The van der Waals surface area contributed by atoms with Crippen molar-refractivity contribution in [3.63, 3.8) is 0 Å². The smallest absolute Gasteiger partial charge is 0.333 e. The van der Waals surface area contributed by atoms with Gasteiger partial charge in [0.2, 0.25) is 0 Å². The van der Waals surface area contributed by atoms with Crippen LogP contribution in [-0.2, 0) is 28.6 Å². The zero-order valence-corrected chi connectivity index (χ0v) is 41.7. The maximum absolute atomic E-state index is 11.7. The number of phenols is 2. The summed E-state index contributed by atoms with van der Waals surface area (Å²) in [5.74, 6) is 0.455. The molecule has 0 aliphatic carbocycles. The molecule has 15 heteroatoms. The van der Waals surface area contributed by atoms with E-state index in [0.29, 0.717) is 95.9 Å². The van der Waals surface area contributed by atoms with Gasteiger partial charge in [-0.15, -0.1) is 0 Å². The molecule has 15 nitrogen and oxygen atoms in total. The number of aromatic hydroxyl groups is 2. The fraction of sp³-hybridized carbons (Fsp3) is 0.436. The zero-order chi connectivity index (χ0) is 51.2. The van der Waals surface area contributed by atoms with Gasteiger partial charge in [-0.1, -0.05) is 19.7 Å². The number of carbonyl (C=O) groups excluding carboxylic acids is 3. The van der Waals surface area contributed by atoms with Crippen molar-refractivity contribution in [1.29, 1.82) is 5.26 Å². The number of hydrogen-bond donors (Lipinski definition) is 2. The average molecular weight is 961 g/mol.